The van der Waals surface area contributed by atoms with Crippen molar-refractivity contribution in [3.8, 4) is 0 Å². The molecule has 2 unspecified atom stereocenters. The molecule has 5 heteroatoms. The van der Waals surface area contributed by atoms with Gasteiger partial charge in [-0.3, -0.25) is 0 Å². The van der Waals surface area contributed by atoms with E-state index in [4.69, 9.17) is 5.11 Å². The number of nitrogens with zero attached hydrogens (tertiary/aromatic N) is 2. The van der Waals surface area contributed by atoms with Crippen molar-refractivity contribution in [3.63, 3.8) is 0 Å². The molecule has 1 aliphatic carbocycles. The summed E-state index contributed by atoms with van der Waals surface area (Å²) in [5.74, 6) is 0.214. The van der Waals surface area contributed by atoms with E-state index in [2.05, 4.69) is 9.97 Å². The van der Waals surface area contributed by atoms with E-state index in [0.717, 1.165) is 12.8 Å². The van der Waals surface area contributed by atoms with Gasteiger partial charge >= 0.3 is 0 Å². The van der Waals surface area contributed by atoms with Crippen LogP contribution in [0.1, 0.15) is 37.2 Å². The van der Waals surface area contributed by atoms with E-state index in [1.54, 1.807) is 6.07 Å². The highest BCUT2D eigenvalue weighted by Gasteiger charge is 2.42. The number of rotatable bonds is 2. The zero-order chi connectivity index (χ0) is 11.6. The van der Waals surface area contributed by atoms with Crippen LogP contribution in [0.25, 0.3) is 0 Å². The Bertz CT molecular complexity index is 372. The molecule has 16 heavy (non-hydrogen) atoms. The van der Waals surface area contributed by atoms with Gasteiger partial charge < -0.3 is 15.3 Å². The second-order valence-electron chi connectivity index (χ2n) is 4.22. The lowest BCUT2D eigenvalue weighted by atomic mass is 9.81. The fraction of sp³-hybridized carbons (Fsp3) is 0.636. The fourth-order valence-corrected chi connectivity index (χ4v) is 2.09. The molecule has 0 bridgehead atoms. The summed E-state index contributed by atoms with van der Waals surface area (Å²) in [6, 6.07) is 1.59. The second-order valence-corrected chi connectivity index (χ2v) is 4.22. The third-order valence-corrected chi connectivity index (χ3v) is 3.10. The number of aromatic nitrogens is 2. The Morgan fingerprint density at radius 3 is 2.94 bits per heavy atom. The Balaban J connectivity index is 2.33. The minimum atomic E-state index is -1.36. The van der Waals surface area contributed by atoms with E-state index in [-0.39, 0.29) is 12.4 Å². The van der Waals surface area contributed by atoms with Crippen LogP contribution in [0.5, 0.6) is 0 Å². The van der Waals surface area contributed by atoms with Crippen LogP contribution in [-0.2, 0) is 12.2 Å². The van der Waals surface area contributed by atoms with Gasteiger partial charge in [0.05, 0.1) is 18.4 Å². The number of aliphatic hydroxyl groups is 3. The molecule has 1 aromatic rings. The zero-order valence-corrected chi connectivity index (χ0v) is 9.00. The monoisotopic (exact) mass is 224 g/mol. The maximum absolute atomic E-state index is 10.4. The van der Waals surface area contributed by atoms with E-state index in [0.29, 0.717) is 18.5 Å². The molecule has 0 radical (unpaired) electrons. The molecule has 1 saturated carbocycles. The number of hydrogen-bond donors (Lipinski definition) is 3. The van der Waals surface area contributed by atoms with Gasteiger partial charge in [-0.05, 0) is 25.3 Å². The SMILES string of the molecule is OCc1ccnc(C2(O)CCCCC2O)n1. The maximum Gasteiger partial charge on any atom is 0.163 e. The Morgan fingerprint density at radius 1 is 1.44 bits per heavy atom. The van der Waals surface area contributed by atoms with Gasteiger partial charge in [0, 0.05) is 6.20 Å². The predicted octanol–water partition coefficient (Wildman–Crippen LogP) is 0.0914. The molecule has 2 atom stereocenters. The van der Waals surface area contributed by atoms with Crippen molar-refractivity contribution in [2.45, 2.75) is 44.0 Å². The largest absolute Gasteiger partial charge is 0.390 e. The van der Waals surface area contributed by atoms with Crippen molar-refractivity contribution in [3.05, 3.63) is 23.8 Å². The average Bonchev–Trinajstić information content (AvgIpc) is 2.33. The van der Waals surface area contributed by atoms with Crippen LogP contribution in [0.3, 0.4) is 0 Å². The molecular weight excluding hydrogens is 208 g/mol. The van der Waals surface area contributed by atoms with Crippen molar-refractivity contribution in [2.24, 2.45) is 0 Å². The lowest BCUT2D eigenvalue weighted by molar-refractivity contribution is -0.111. The van der Waals surface area contributed by atoms with E-state index < -0.39 is 11.7 Å². The molecular formula is C11H16N2O3. The van der Waals surface area contributed by atoms with Gasteiger partial charge in [-0.15, -0.1) is 0 Å². The summed E-state index contributed by atoms with van der Waals surface area (Å²) in [5, 5.41) is 29.2. The van der Waals surface area contributed by atoms with Crippen LogP contribution in [0.4, 0.5) is 0 Å². The van der Waals surface area contributed by atoms with E-state index in [9.17, 15) is 10.2 Å². The molecule has 1 aromatic heterocycles. The fourth-order valence-electron chi connectivity index (χ4n) is 2.09. The highest BCUT2D eigenvalue weighted by atomic mass is 16.3. The highest BCUT2D eigenvalue weighted by Crippen LogP contribution is 2.35. The van der Waals surface area contributed by atoms with Crippen molar-refractivity contribution in [1.29, 1.82) is 0 Å². The Morgan fingerprint density at radius 2 is 2.25 bits per heavy atom. The zero-order valence-electron chi connectivity index (χ0n) is 9.00. The van der Waals surface area contributed by atoms with Gasteiger partial charge in [-0.1, -0.05) is 6.42 Å². The molecule has 2 rings (SSSR count). The first kappa shape index (κ1) is 11.4. The molecule has 1 fully saturated rings. The highest BCUT2D eigenvalue weighted by molar-refractivity contribution is 5.10. The molecule has 1 aliphatic rings. The Kier molecular flexibility index (Phi) is 3.18. The van der Waals surface area contributed by atoms with Crippen LogP contribution < -0.4 is 0 Å². The average molecular weight is 224 g/mol. The van der Waals surface area contributed by atoms with Crippen molar-refractivity contribution < 1.29 is 15.3 Å². The number of aliphatic hydroxyl groups excluding tert-OH is 2. The molecule has 1 heterocycles. The van der Waals surface area contributed by atoms with Crippen LogP contribution in [0, 0.1) is 0 Å². The van der Waals surface area contributed by atoms with Crippen molar-refractivity contribution >= 4 is 0 Å². The summed E-state index contributed by atoms with van der Waals surface area (Å²) < 4.78 is 0. The lowest BCUT2D eigenvalue weighted by Crippen LogP contribution is -2.43. The van der Waals surface area contributed by atoms with Gasteiger partial charge in [0.2, 0.25) is 0 Å². The Labute approximate surface area is 93.8 Å². The summed E-state index contributed by atoms with van der Waals surface area (Å²) in [5.41, 5.74) is -0.903. The van der Waals surface area contributed by atoms with E-state index >= 15 is 0 Å². The van der Waals surface area contributed by atoms with Crippen molar-refractivity contribution in [1.82, 2.24) is 9.97 Å². The minimum Gasteiger partial charge on any atom is -0.390 e. The molecule has 0 amide bonds. The molecule has 88 valence electrons. The van der Waals surface area contributed by atoms with E-state index in [1.165, 1.54) is 6.20 Å². The van der Waals surface area contributed by atoms with Crippen LogP contribution >= 0.6 is 0 Å². The quantitative estimate of drug-likeness (QED) is 0.663. The van der Waals surface area contributed by atoms with Gasteiger partial charge in [0.1, 0.15) is 5.60 Å². The first-order valence-corrected chi connectivity index (χ1v) is 5.50. The molecule has 0 aliphatic heterocycles. The smallest absolute Gasteiger partial charge is 0.163 e. The van der Waals surface area contributed by atoms with Crippen molar-refractivity contribution in [2.75, 3.05) is 0 Å². The summed E-state index contributed by atoms with van der Waals surface area (Å²) in [4.78, 5) is 8.07. The summed E-state index contributed by atoms with van der Waals surface area (Å²) >= 11 is 0. The first-order valence-electron chi connectivity index (χ1n) is 5.50. The van der Waals surface area contributed by atoms with Crippen LogP contribution in [0.2, 0.25) is 0 Å². The standard InChI is InChI=1S/C11H16N2O3/c14-7-8-4-6-12-10(13-8)11(16)5-2-1-3-9(11)15/h4,6,9,14-16H,1-3,5,7H2. The molecule has 0 spiro atoms. The third kappa shape index (κ3) is 1.93. The minimum absolute atomic E-state index is 0.193. The van der Waals surface area contributed by atoms with Crippen LogP contribution in [-0.4, -0.2) is 31.4 Å². The van der Waals surface area contributed by atoms with Gasteiger partial charge in [-0.25, -0.2) is 9.97 Å². The number of hydrogen-bond acceptors (Lipinski definition) is 5. The summed E-state index contributed by atoms with van der Waals surface area (Å²) in [7, 11) is 0. The molecule has 5 nitrogen and oxygen atoms in total. The molecule has 3 N–H and O–H groups in total. The first-order chi connectivity index (χ1) is 7.66. The van der Waals surface area contributed by atoms with Crippen LogP contribution in [0.15, 0.2) is 12.3 Å². The van der Waals surface area contributed by atoms with Gasteiger partial charge in [0.25, 0.3) is 0 Å². The maximum atomic E-state index is 10.4. The lowest BCUT2D eigenvalue weighted by Gasteiger charge is -2.35. The summed E-state index contributed by atoms with van der Waals surface area (Å²) in [6.07, 6.45) is 3.44. The van der Waals surface area contributed by atoms with E-state index in [1.807, 2.05) is 0 Å². The predicted molar refractivity (Wildman–Crippen MR) is 56.3 cm³/mol. The summed E-state index contributed by atoms with van der Waals surface area (Å²) in [6.45, 7) is -0.193. The molecule has 0 saturated heterocycles. The van der Waals surface area contributed by atoms with Gasteiger partial charge in [-0.2, -0.15) is 0 Å². The third-order valence-electron chi connectivity index (χ3n) is 3.10. The normalized spacial score (nSPS) is 30.3. The Hall–Kier alpha value is -1.04. The topological polar surface area (TPSA) is 86.5 Å². The molecule has 0 aromatic carbocycles. The second kappa shape index (κ2) is 4.45. The van der Waals surface area contributed by atoms with Gasteiger partial charge in [0.15, 0.2) is 5.82 Å².